The van der Waals surface area contributed by atoms with E-state index < -0.39 is 0 Å². The number of nitrogens with zero attached hydrogens (tertiary/aromatic N) is 4. The first-order valence-corrected chi connectivity index (χ1v) is 12.8. The molecule has 1 atom stereocenters. The molecule has 1 aliphatic heterocycles. The number of amides is 1. The first-order chi connectivity index (χ1) is 16.1. The number of anilines is 2. The number of carbonyl (C=O) groups is 1. The van der Waals surface area contributed by atoms with Crippen molar-refractivity contribution in [3.05, 3.63) is 76.6 Å². The van der Waals surface area contributed by atoms with Gasteiger partial charge in [0, 0.05) is 43.0 Å². The van der Waals surface area contributed by atoms with E-state index in [1.165, 1.54) is 16.9 Å². The summed E-state index contributed by atoms with van der Waals surface area (Å²) in [4.78, 5) is 29.8. The Morgan fingerprint density at radius 2 is 2.12 bits per heavy atom. The third-order valence-electron chi connectivity index (χ3n) is 5.94. The molecule has 1 N–H and O–H groups in total. The lowest BCUT2D eigenvalue weighted by Gasteiger charge is -2.24. The second-order valence-electron chi connectivity index (χ2n) is 8.46. The van der Waals surface area contributed by atoms with Crippen molar-refractivity contribution in [1.82, 2.24) is 15.0 Å². The van der Waals surface area contributed by atoms with Crippen LogP contribution in [0.4, 0.5) is 11.4 Å². The van der Waals surface area contributed by atoms with Crippen molar-refractivity contribution in [2.24, 2.45) is 0 Å². The summed E-state index contributed by atoms with van der Waals surface area (Å²) in [7, 11) is 0. The number of hydrogen-bond acceptors (Lipinski definition) is 7. The number of aromatic nitrogens is 3. The lowest BCUT2D eigenvalue weighted by molar-refractivity contribution is 0.102. The zero-order valence-corrected chi connectivity index (χ0v) is 20.2. The van der Waals surface area contributed by atoms with Gasteiger partial charge < -0.3 is 10.2 Å². The molecule has 0 saturated carbocycles. The topological polar surface area (TPSA) is 71.0 Å². The Bertz CT molecular complexity index is 1240. The normalized spacial score (nSPS) is 15.8. The molecule has 5 rings (SSSR count). The van der Waals surface area contributed by atoms with E-state index in [2.05, 4.69) is 51.1 Å². The third-order valence-corrected chi connectivity index (χ3v) is 7.82. The Morgan fingerprint density at radius 3 is 2.88 bits per heavy atom. The molecule has 6 nitrogen and oxygen atoms in total. The maximum atomic E-state index is 13.1. The highest BCUT2D eigenvalue weighted by atomic mass is 32.1. The summed E-state index contributed by atoms with van der Waals surface area (Å²) in [6.45, 7) is 6.13. The highest BCUT2D eigenvalue weighted by Gasteiger charge is 2.27. The number of hydrogen-bond donors (Lipinski definition) is 1. The molecule has 0 bridgehead atoms. The average Bonchev–Trinajstić information content (AvgIpc) is 3.61. The van der Waals surface area contributed by atoms with E-state index in [-0.39, 0.29) is 5.91 Å². The van der Waals surface area contributed by atoms with Crippen LogP contribution < -0.4 is 10.2 Å². The SMILES string of the molecule is CC(C)c1ccc(NC(=O)c2csc(-c3cccs3)n2)c(N2CCC(c3cnccn3)C2)c1. The molecule has 4 heterocycles. The zero-order chi connectivity index (χ0) is 22.8. The fourth-order valence-electron chi connectivity index (χ4n) is 4.09. The minimum absolute atomic E-state index is 0.183. The van der Waals surface area contributed by atoms with Crippen LogP contribution in [0.1, 0.15) is 53.8 Å². The fourth-order valence-corrected chi connectivity index (χ4v) is 5.71. The van der Waals surface area contributed by atoms with Crippen LogP contribution in [-0.4, -0.2) is 33.9 Å². The lowest BCUT2D eigenvalue weighted by atomic mass is 10.0. The summed E-state index contributed by atoms with van der Waals surface area (Å²) >= 11 is 3.12. The van der Waals surface area contributed by atoms with Crippen LogP contribution in [0.2, 0.25) is 0 Å². The Hall–Kier alpha value is -3.10. The molecule has 8 heteroatoms. The largest absolute Gasteiger partial charge is 0.369 e. The first-order valence-electron chi connectivity index (χ1n) is 11.0. The highest BCUT2D eigenvalue weighted by Crippen LogP contribution is 2.36. The molecule has 1 fully saturated rings. The van der Waals surface area contributed by atoms with E-state index in [1.54, 1.807) is 23.7 Å². The van der Waals surface area contributed by atoms with Crippen LogP contribution in [0, 0.1) is 0 Å². The third kappa shape index (κ3) is 4.67. The number of nitrogens with one attached hydrogen (secondary N) is 1. The number of rotatable bonds is 6. The van der Waals surface area contributed by atoms with Gasteiger partial charge in [-0.25, -0.2) is 4.98 Å². The second-order valence-corrected chi connectivity index (χ2v) is 10.3. The van der Waals surface area contributed by atoms with Crippen LogP contribution in [0.25, 0.3) is 9.88 Å². The van der Waals surface area contributed by atoms with E-state index in [9.17, 15) is 4.79 Å². The van der Waals surface area contributed by atoms with Gasteiger partial charge in [-0.05, 0) is 41.5 Å². The number of thiazole rings is 1. The van der Waals surface area contributed by atoms with Crippen molar-refractivity contribution in [2.75, 3.05) is 23.3 Å². The molecule has 168 valence electrons. The molecular weight excluding hydrogens is 450 g/mol. The van der Waals surface area contributed by atoms with Gasteiger partial charge in [0.25, 0.3) is 5.91 Å². The predicted octanol–water partition coefficient (Wildman–Crippen LogP) is 6.03. The Kier molecular flexibility index (Phi) is 6.20. The van der Waals surface area contributed by atoms with Gasteiger partial charge in [0.1, 0.15) is 10.7 Å². The minimum atomic E-state index is -0.183. The van der Waals surface area contributed by atoms with E-state index in [1.807, 2.05) is 35.2 Å². The van der Waals surface area contributed by atoms with Crippen LogP contribution >= 0.6 is 22.7 Å². The summed E-state index contributed by atoms with van der Waals surface area (Å²) in [5.74, 6) is 0.549. The van der Waals surface area contributed by atoms with Crippen LogP contribution in [-0.2, 0) is 0 Å². The average molecular weight is 476 g/mol. The van der Waals surface area contributed by atoms with Crippen molar-refractivity contribution >= 4 is 40.0 Å². The summed E-state index contributed by atoms with van der Waals surface area (Å²) < 4.78 is 0. The Labute approximate surface area is 201 Å². The van der Waals surface area contributed by atoms with Gasteiger partial charge in [0.05, 0.1) is 21.9 Å². The molecule has 1 saturated heterocycles. The summed E-state index contributed by atoms with van der Waals surface area (Å²) in [5.41, 5.74) is 4.58. The quantitative estimate of drug-likeness (QED) is 0.369. The van der Waals surface area contributed by atoms with E-state index >= 15 is 0 Å². The van der Waals surface area contributed by atoms with Crippen molar-refractivity contribution in [3.8, 4) is 9.88 Å². The summed E-state index contributed by atoms with van der Waals surface area (Å²) in [5, 5.41) is 7.84. The van der Waals surface area contributed by atoms with Crippen LogP contribution in [0.15, 0.2) is 59.7 Å². The smallest absolute Gasteiger partial charge is 0.275 e. The van der Waals surface area contributed by atoms with Gasteiger partial charge in [-0.2, -0.15) is 0 Å². The fraction of sp³-hybridized carbons (Fsp3) is 0.280. The van der Waals surface area contributed by atoms with Crippen LogP contribution in [0.3, 0.4) is 0 Å². The Morgan fingerprint density at radius 1 is 1.21 bits per heavy atom. The van der Waals surface area contributed by atoms with Gasteiger partial charge in [-0.1, -0.05) is 26.0 Å². The molecule has 4 aromatic rings. The lowest BCUT2D eigenvalue weighted by Crippen LogP contribution is -2.23. The van der Waals surface area contributed by atoms with E-state index in [0.717, 1.165) is 46.5 Å². The molecule has 0 spiro atoms. The second kappa shape index (κ2) is 9.41. The van der Waals surface area contributed by atoms with E-state index in [0.29, 0.717) is 17.5 Å². The molecule has 1 aliphatic rings. The molecular formula is C25H25N5OS2. The number of benzene rings is 1. The molecule has 1 aromatic carbocycles. The first kappa shape index (κ1) is 21.7. The van der Waals surface area contributed by atoms with Crippen molar-refractivity contribution in [1.29, 1.82) is 0 Å². The molecule has 1 unspecified atom stereocenters. The monoisotopic (exact) mass is 475 g/mol. The summed E-state index contributed by atoms with van der Waals surface area (Å²) in [6.07, 6.45) is 6.32. The van der Waals surface area contributed by atoms with Gasteiger partial charge in [-0.15, -0.1) is 22.7 Å². The molecule has 0 radical (unpaired) electrons. The Balaban J connectivity index is 1.39. The highest BCUT2D eigenvalue weighted by molar-refractivity contribution is 7.20. The van der Waals surface area contributed by atoms with Gasteiger partial charge in [0.15, 0.2) is 0 Å². The van der Waals surface area contributed by atoms with E-state index in [4.69, 9.17) is 0 Å². The predicted molar refractivity (Wildman–Crippen MR) is 136 cm³/mol. The van der Waals surface area contributed by atoms with Crippen LogP contribution in [0.5, 0.6) is 0 Å². The maximum absolute atomic E-state index is 13.1. The molecule has 3 aromatic heterocycles. The summed E-state index contributed by atoms with van der Waals surface area (Å²) in [6, 6.07) is 10.3. The minimum Gasteiger partial charge on any atom is -0.369 e. The number of thiophene rings is 1. The van der Waals surface area contributed by atoms with Gasteiger partial charge in [0.2, 0.25) is 0 Å². The van der Waals surface area contributed by atoms with Crippen molar-refractivity contribution in [3.63, 3.8) is 0 Å². The van der Waals surface area contributed by atoms with Crippen molar-refractivity contribution < 1.29 is 4.79 Å². The standard InChI is InChI=1S/C25H25N5OS2/c1-16(2)17-5-6-19(28-24(31)21-15-33-25(29-21)23-4-3-11-32-23)22(12-17)30-10-7-18(14-30)20-13-26-8-9-27-20/h3-6,8-9,11-13,15-16,18H,7,10,14H2,1-2H3,(H,28,31). The molecule has 1 amide bonds. The maximum Gasteiger partial charge on any atom is 0.275 e. The number of carbonyl (C=O) groups excluding carboxylic acids is 1. The molecule has 0 aliphatic carbocycles. The van der Waals surface area contributed by atoms with Gasteiger partial charge in [-0.3, -0.25) is 14.8 Å². The molecule has 33 heavy (non-hydrogen) atoms. The zero-order valence-electron chi connectivity index (χ0n) is 18.6. The van der Waals surface area contributed by atoms with Crippen molar-refractivity contribution in [2.45, 2.75) is 32.1 Å². The van der Waals surface area contributed by atoms with Gasteiger partial charge >= 0.3 is 0 Å².